The molecule has 0 atom stereocenters. The van der Waals surface area contributed by atoms with Crippen molar-refractivity contribution in [1.82, 2.24) is 9.78 Å². The molecule has 0 saturated heterocycles. The number of rotatable bonds is 5. The highest BCUT2D eigenvalue weighted by Gasteiger charge is 2.16. The minimum Gasteiger partial charge on any atom is -0.423 e. The van der Waals surface area contributed by atoms with Gasteiger partial charge in [-0.05, 0) is 44.4 Å². The summed E-state index contributed by atoms with van der Waals surface area (Å²) < 4.78 is 7.21. The predicted octanol–water partition coefficient (Wildman–Crippen LogP) is 3.75. The molecule has 0 saturated carbocycles. The number of amides is 1. The molecule has 142 valence electrons. The molecule has 3 aromatic rings. The fourth-order valence-corrected chi connectivity index (χ4v) is 3.28. The molecular formula is C21H25N3O3. The maximum atomic E-state index is 12.5. The number of aryl methyl sites for hydroxylation is 2. The number of aromatic nitrogens is 2. The van der Waals surface area contributed by atoms with E-state index in [-0.39, 0.29) is 12.3 Å². The van der Waals surface area contributed by atoms with Gasteiger partial charge in [0.1, 0.15) is 5.58 Å². The average molecular weight is 367 g/mol. The number of hydrogen-bond donors (Lipinski definition) is 1. The monoisotopic (exact) mass is 367 g/mol. The van der Waals surface area contributed by atoms with E-state index in [2.05, 4.69) is 24.3 Å². The standard InChI is InChI=1S/C21H25N3O3/c1-12(2)11-24-15(5)18(14(4)23-24)10-20(25)22-16-6-7-17-13(3)8-21(26)27-19(17)9-16/h6-9,12H,10-11H2,1-5H3,(H,22,25). The first-order valence-electron chi connectivity index (χ1n) is 9.12. The van der Waals surface area contributed by atoms with Crippen LogP contribution in [0.2, 0.25) is 0 Å². The van der Waals surface area contributed by atoms with E-state index in [0.717, 1.165) is 34.4 Å². The molecule has 0 aliphatic carbocycles. The molecule has 0 spiro atoms. The van der Waals surface area contributed by atoms with Crippen molar-refractivity contribution < 1.29 is 9.21 Å². The molecule has 3 rings (SSSR count). The van der Waals surface area contributed by atoms with E-state index >= 15 is 0 Å². The fourth-order valence-electron chi connectivity index (χ4n) is 3.28. The number of carbonyl (C=O) groups is 1. The van der Waals surface area contributed by atoms with E-state index in [0.29, 0.717) is 17.2 Å². The van der Waals surface area contributed by atoms with Crippen molar-refractivity contribution in [2.45, 2.75) is 47.6 Å². The predicted molar refractivity (Wildman–Crippen MR) is 106 cm³/mol. The molecule has 0 aliphatic rings. The minimum absolute atomic E-state index is 0.125. The van der Waals surface area contributed by atoms with Gasteiger partial charge < -0.3 is 9.73 Å². The summed E-state index contributed by atoms with van der Waals surface area (Å²) in [6.45, 7) is 10.9. The summed E-state index contributed by atoms with van der Waals surface area (Å²) in [4.78, 5) is 24.1. The lowest BCUT2D eigenvalue weighted by atomic mass is 10.1. The molecule has 27 heavy (non-hydrogen) atoms. The summed E-state index contributed by atoms with van der Waals surface area (Å²) >= 11 is 0. The third-order valence-electron chi connectivity index (χ3n) is 4.64. The number of benzene rings is 1. The molecule has 6 heteroatoms. The van der Waals surface area contributed by atoms with Crippen molar-refractivity contribution in [2.75, 3.05) is 5.32 Å². The SMILES string of the molecule is Cc1nn(CC(C)C)c(C)c1CC(=O)Nc1ccc2c(C)cc(=O)oc2c1. The van der Waals surface area contributed by atoms with Gasteiger partial charge >= 0.3 is 5.63 Å². The maximum Gasteiger partial charge on any atom is 0.336 e. The summed E-state index contributed by atoms with van der Waals surface area (Å²) in [5.74, 6) is 0.361. The van der Waals surface area contributed by atoms with Crippen molar-refractivity contribution in [3.63, 3.8) is 0 Å². The molecule has 1 amide bonds. The maximum absolute atomic E-state index is 12.5. The molecule has 0 radical (unpaired) electrons. The zero-order chi connectivity index (χ0) is 19.7. The van der Waals surface area contributed by atoms with Gasteiger partial charge in [-0.3, -0.25) is 9.48 Å². The van der Waals surface area contributed by atoms with E-state index in [1.807, 2.05) is 37.6 Å². The molecule has 0 aliphatic heterocycles. The average Bonchev–Trinajstić information content (AvgIpc) is 2.81. The summed E-state index contributed by atoms with van der Waals surface area (Å²) in [5.41, 5.74) is 4.38. The van der Waals surface area contributed by atoms with Crippen LogP contribution in [-0.4, -0.2) is 15.7 Å². The summed E-state index contributed by atoms with van der Waals surface area (Å²) in [6.07, 6.45) is 0.256. The summed E-state index contributed by atoms with van der Waals surface area (Å²) in [6, 6.07) is 6.81. The summed E-state index contributed by atoms with van der Waals surface area (Å²) in [7, 11) is 0. The Morgan fingerprint density at radius 3 is 2.67 bits per heavy atom. The molecule has 1 aromatic carbocycles. The van der Waals surface area contributed by atoms with Gasteiger partial charge in [-0.1, -0.05) is 13.8 Å². The Balaban J connectivity index is 1.79. The molecule has 2 heterocycles. The highest BCUT2D eigenvalue weighted by atomic mass is 16.4. The Labute approximate surface area is 158 Å². The zero-order valence-corrected chi connectivity index (χ0v) is 16.4. The number of nitrogens with one attached hydrogen (secondary N) is 1. The number of carbonyl (C=O) groups excluding carboxylic acids is 1. The van der Waals surface area contributed by atoms with Crippen LogP contribution in [-0.2, 0) is 17.8 Å². The highest BCUT2D eigenvalue weighted by molar-refractivity contribution is 5.94. The lowest BCUT2D eigenvalue weighted by Gasteiger charge is -2.09. The lowest BCUT2D eigenvalue weighted by Crippen LogP contribution is -2.15. The Morgan fingerprint density at radius 1 is 1.22 bits per heavy atom. The molecule has 2 aromatic heterocycles. The lowest BCUT2D eigenvalue weighted by molar-refractivity contribution is -0.115. The van der Waals surface area contributed by atoms with E-state index in [1.54, 1.807) is 6.07 Å². The van der Waals surface area contributed by atoms with Gasteiger partial charge in [-0.2, -0.15) is 5.10 Å². The quantitative estimate of drug-likeness (QED) is 0.697. The number of anilines is 1. The van der Waals surface area contributed by atoms with Gasteiger partial charge in [0.05, 0.1) is 12.1 Å². The largest absolute Gasteiger partial charge is 0.423 e. The van der Waals surface area contributed by atoms with Crippen LogP contribution in [0.1, 0.15) is 36.4 Å². The molecule has 0 unspecified atom stereocenters. The first-order chi connectivity index (χ1) is 12.7. The zero-order valence-electron chi connectivity index (χ0n) is 16.4. The second-order valence-corrected chi connectivity index (χ2v) is 7.41. The van der Waals surface area contributed by atoms with E-state index in [1.165, 1.54) is 6.07 Å². The smallest absolute Gasteiger partial charge is 0.336 e. The van der Waals surface area contributed by atoms with Gasteiger partial charge in [-0.15, -0.1) is 0 Å². The van der Waals surface area contributed by atoms with Crippen molar-refractivity contribution in [3.8, 4) is 0 Å². The second-order valence-electron chi connectivity index (χ2n) is 7.41. The van der Waals surface area contributed by atoms with Gasteiger partial charge in [0.2, 0.25) is 5.91 Å². The van der Waals surface area contributed by atoms with E-state index < -0.39 is 5.63 Å². The Kier molecular flexibility index (Phi) is 5.17. The van der Waals surface area contributed by atoms with Crippen LogP contribution in [0.15, 0.2) is 33.5 Å². The van der Waals surface area contributed by atoms with Crippen LogP contribution in [0, 0.1) is 26.7 Å². The third-order valence-corrected chi connectivity index (χ3v) is 4.64. The number of nitrogens with zero attached hydrogens (tertiary/aromatic N) is 2. The van der Waals surface area contributed by atoms with Crippen LogP contribution >= 0.6 is 0 Å². The third kappa shape index (κ3) is 4.10. The minimum atomic E-state index is -0.396. The first kappa shape index (κ1) is 18.9. The van der Waals surface area contributed by atoms with Crippen molar-refractivity contribution in [2.24, 2.45) is 5.92 Å². The molecular weight excluding hydrogens is 342 g/mol. The van der Waals surface area contributed by atoms with Crippen LogP contribution in [0.5, 0.6) is 0 Å². The Morgan fingerprint density at radius 2 is 1.96 bits per heavy atom. The summed E-state index contributed by atoms with van der Waals surface area (Å²) in [5, 5.41) is 8.30. The van der Waals surface area contributed by atoms with Gasteiger partial charge in [-0.25, -0.2) is 4.79 Å². The van der Waals surface area contributed by atoms with Crippen LogP contribution in [0.4, 0.5) is 5.69 Å². The van der Waals surface area contributed by atoms with E-state index in [4.69, 9.17) is 4.42 Å². The highest BCUT2D eigenvalue weighted by Crippen LogP contribution is 2.21. The van der Waals surface area contributed by atoms with Crippen LogP contribution in [0.3, 0.4) is 0 Å². The van der Waals surface area contributed by atoms with Crippen molar-refractivity contribution >= 4 is 22.6 Å². The molecule has 6 nitrogen and oxygen atoms in total. The Hall–Kier alpha value is -2.89. The van der Waals surface area contributed by atoms with Crippen molar-refractivity contribution in [3.05, 3.63) is 57.2 Å². The van der Waals surface area contributed by atoms with Crippen LogP contribution < -0.4 is 10.9 Å². The molecule has 0 fully saturated rings. The number of hydrogen-bond acceptors (Lipinski definition) is 4. The van der Waals surface area contributed by atoms with Gasteiger partial charge in [0, 0.05) is 41.0 Å². The van der Waals surface area contributed by atoms with Crippen molar-refractivity contribution in [1.29, 1.82) is 0 Å². The normalized spacial score (nSPS) is 11.3. The molecule has 1 N–H and O–H groups in total. The van der Waals surface area contributed by atoms with Crippen LogP contribution in [0.25, 0.3) is 11.0 Å². The second kappa shape index (κ2) is 7.39. The Bertz CT molecular complexity index is 1060. The topological polar surface area (TPSA) is 77.1 Å². The fraction of sp³-hybridized carbons (Fsp3) is 0.381. The first-order valence-corrected chi connectivity index (χ1v) is 9.12. The van der Waals surface area contributed by atoms with Gasteiger partial charge in [0.25, 0.3) is 0 Å². The van der Waals surface area contributed by atoms with Gasteiger partial charge in [0.15, 0.2) is 0 Å². The van der Waals surface area contributed by atoms with E-state index in [9.17, 15) is 9.59 Å². The molecule has 0 bridgehead atoms. The number of fused-ring (bicyclic) bond motifs is 1.